The molecule has 0 spiro atoms. The van der Waals surface area contributed by atoms with Crippen molar-refractivity contribution in [3.05, 3.63) is 24.0 Å². The van der Waals surface area contributed by atoms with Crippen LogP contribution in [0.1, 0.15) is 6.92 Å². The van der Waals surface area contributed by atoms with Gasteiger partial charge in [-0.3, -0.25) is 0 Å². The Morgan fingerprint density at radius 1 is 1.43 bits per heavy atom. The lowest BCUT2D eigenvalue weighted by Crippen LogP contribution is -2.01. The number of ether oxygens (including phenoxy) is 1. The number of rotatable bonds is 3. The summed E-state index contributed by atoms with van der Waals surface area (Å²) >= 11 is 0. The van der Waals surface area contributed by atoms with Crippen LogP contribution in [0.5, 0.6) is 5.75 Å². The Bertz CT molecular complexity index is 426. The lowest BCUT2D eigenvalue weighted by atomic mass is 10.3. The summed E-state index contributed by atoms with van der Waals surface area (Å²) in [5, 5.41) is 0. The smallest absolute Gasteiger partial charge is 0.178 e. The molecule has 0 N–H and O–H groups in total. The van der Waals surface area contributed by atoms with Crippen molar-refractivity contribution in [1.82, 2.24) is 0 Å². The maximum atomic E-state index is 13.2. The molecule has 0 unspecified atom stereocenters. The van der Waals surface area contributed by atoms with Crippen LogP contribution in [0, 0.1) is 5.82 Å². The second-order valence-corrected chi connectivity index (χ2v) is 4.78. The summed E-state index contributed by atoms with van der Waals surface area (Å²) in [6.07, 6.45) is 0.964. The third-order valence-corrected chi connectivity index (χ3v) is 2.74. The van der Waals surface area contributed by atoms with Crippen LogP contribution in [0.3, 0.4) is 0 Å². The Hall–Kier alpha value is -1.10. The topological polar surface area (TPSA) is 43.4 Å². The Balaban J connectivity index is 3.15. The molecule has 0 radical (unpaired) electrons. The minimum absolute atomic E-state index is 0.305. The number of benzene rings is 1. The van der Waals surface area contributed by atoms with Crippen molar-refractivity contribution in [2.24, 2.45) is 0 Å². The van der Waals surface area contributed by atoms with Crippen molar-refractivity contribution in [3.63, 3.8) is 0 Å². The second-order valence-electron chi connectivity index (χ2n) is 2.80. The van der Waals surface area contributed by atoms with E-state index in [4.69, 9.17) is 4.74 Å². The van der Waals surface area contributed by atoms with Gasteiger partial charge in [0.2, 0.25) is 0 Å². The van der Waals surface area contributed by atoms with Crippen molar-refractivity contribution >= 4 is 9.84 Å². The van der Waals surface area contributed by atoms with Crippen LogP contribution in [-0.4, -0.2) is 21.3 Å². The van der Waals surface area contributed by atoms with Crippen molar-refractivity contribution in [1.29, 1.82) is 0 Å². The molecular weight excluding hydrogens is 207 g/mol. The molecule has 3 nitrogen and oxygen atoms in total. The highest BCUT2D eigenvalue weighted by Gasteiger charge is 2.13. The third-order valence-electron chi connectivity index (χ3n) is 1.61. The average molecular weight is 218 g/mol. The number of hydrogen-bond acceptors (Lipinski definition) is 3. The zero-order chi connectivity index (χ0) is 10.8. The SMILES string of the molecule is CCOc1ccc(S(C)(=O)=O)c(F)c1. The first-order valence-corrected chi connectivity index (χ1v) is 5.96. The Morgan fingerprint density at radius 2 is 2.07 bits per heavy atom. The molecule has 1 aromatic carbocycles. The van der Waals surface area contributed by atoms with E-state index in [1.165, 1.54) is 12.1 Å². The Morgan fingerprint density at radius 3 is 2.50 bits per heavy atom. The van der Waals surface area contributed by atoms with E-state index in [0.717, 1.165) is 12.3 Å². The van der Waals surface area contributed by atoms with E-state index in [9.17, 15) is 12.8 Å². The summed E-state index contributed by atoms with van der Waals surface area (Å²) in [5.41, 5.74) is 0. The molecule has 5 heteroatoms. The molecule has 0 aromatic heterocycles. The molecular formula is C9H11FO3S. The third kappa shape index (κ3) is 2.45. The highest BCUT2D eigenvalue weighted by Crippen LogP contribution is 2.20. The van der Waals surface area contributed by atoms with Gasteiger partial charge in [-0.2, -0.15) is 0 Å². The van der Waals surface area contributed by atoms with Crippen LogP contribution in [0.15, 0.2) is 23.1 Å². The molecule has 0 heterocycles. The normalized spacial score (nSPS) is 11.4. The lowest BCUT2D eigenvalue weighted by Gasteiger charge is -2.04. The summed E-state index contributed by atoms with van der Waals surface area (Å²) < 4.78 is 40.3. The van der Waals surface area contributed by atoms with Crippen molar-refractivity contribution < 1.29 is 17.5 Å². The minimum Gasteiger partial charge on any atom is -0.494 e. The van der Waals surface area contributed by atoms with E-state index >= 15 is 0 Å². The fourth-order valence-electron chi connectivity index (χ4n) is 1.04. The van der Waals surface area contributed by atoms with Crippen molar-refractivity contribution in [2.45, 2.75) is 11.8 Å². The van der Waals surface area contributed by atoms with Crippen LogP contribution in [0.2, 0.25) is 0 Å². The first-order valence-electron chi connectivity index (χ1n) is 4.07. The first-order chi connectivity index (χ1) is 6.45. The van der Waals surface area contributed by atoms with Crippen LogP contribution in [0.4, 0.5) is 4.39 Å². The molecule has 0 aliphatic carbocycles. The highest BCUT2D eigenvalue weighted by molar-refractivity contribution is 7.90. The quantitative estimate of drug-likeness (QED) is 0.774. The van der Waals surface area contributed by atoms with Crippen LogP contribution < -0.4 is 4.74 Å². The lowest BCUT2D eigenvalue weighted by molar-refractivity contribution is 0.337. The summed E-state index contributed by atoms with van der Waals surface area (Å²) in [6.45, 7) is 2.18. The maximum Gasteiger partial charge on any atom is 0.178 e. The van der Waals surface area contributed by atoms with Crippen molar-refractivity contribution in [3.8, 4) is 5.75 Å². The van der Waals surface area contributed by atoms with Gasteiger partial charge in [0.25, 0.3) is 0 Å². The average Bonchev–Trinajstić information content (AvgIpc) is 2.02. The molecule has 14 heavy (non-hydrogen) atoms. The summed E-state index contributed by atoms with van der Waals surface area (Å²) in [5.74, 6) is -0.448. The molecule has 0 aliphatic rings. The van der Waals surface area contributed by atoms with Gasteiger partial charge in [0.15, 0.2) is 9.84 Å². The van der Waals surface area contributed by atoms with Gasteiger partial charge in [0.05, 0.1) is 6.61 Å². The molecule has 0 saturated carbocycles. The van der Waals surface area contributed by atoms with Gasteiger partial charge in [-0.25, -0.2) is 12.8 Å². The Kier molecular flexibility index (Phi) is 3.10. The molecule has 0 amide bonds. The number of halogens is 1. The van der Waals surface area contributed by atoms with Crippen LogP contribution in [-0.2, 0) is 9.84 Å². The van der Waals surface area contributed by atoms with Gasteiger partial charge in [0.1, 0.15) is 16.5 Å². The molecule has 0 aliphatic heterocycles. The molecule has 0 saturated heterocycles. The fourth-order valence-corrected chi connectivity index (χ4v) is 1.77. The van der Waals surface area contributed by atoms with E-state index in [-0.39, 0.29) is 4.90 Å². The summed E-state index contributed by atoms with van der Waals surface area (Å²) in [7, 11) is -3.50. The van der Waals surface area contributed by atoms with Gasteiger partial charge >= 0.3 is 0 Å². The van der Waals surface area contributed by atoms with Gasteiger partial charge in [-0.1, -0.05) is 0 Å². The van der Waals surface area contributed by atoms with E-state index < -0.39 is 15.7 Å². The van der Waals surface area contributed by atoms with Gasteiger partial charge in [0, 0.05) is 12.3 Å². The minimum atomic E-state index is -3.50. The molecule has 1 aromatic rings. The molecule has 78 valence electrons. The predicted molar refractivity (Wildman–Crippen MR) is 50.7 cm³/mol. The summed E-state index contributed by atoms with van der Waals surface area (Å²) in [6, 6.07) is 3.71. The summed E-state index contributed by atoms with van der Waals surface area (Å²) in [4.78, 5) is -0.305. The Labute approximate surface area is 82.4 Å². The molecule has 0 atom stereocenters. The van der Waals surface area contributed by atoms with Crippen molar-refractivity contribution in [2.75, 3.05) is 12.9 Å². The number of sulfone groups is 1. The fraction of sp³-hybridized carbons (Fsp3) is 0.333. The second kappa shape index (κ2) is 3.96. The van der Waals surface area contributed by atoms with Gasteiger partial charge < -0.3 is 4.74 Å². The largest absolute Gasteiger partial charge is 0.494 e. The molecule has 1 rings (SSSR count). The van der Waals surface area contributed by atoms with E-state index in [1.807, 2.05) is 0 Å². The monoisotopic (exact) mass is 218 g/mol. The molecule has 0 bridgehead atoms. The first kappa shape index (κ1) is 11.0. The van der Waals surface area contributed by atoms with E-state index in [1.54, 1.807) is 6.92 Å². The zero-order valence-electron chi connectivity index (χ0n) is 7.95. The van der Waals surface area contributed by atoms with Crippen LogP contribution >= 0.6 is 0 Å². The van der Waals surface area contributed by atoms with E-state index in [2.05, 4.69) is 0 Å². The van der Waals surface area contributed by atoms with E-state index in [0.29, 0.717) is 12.4 Å². The standard InChI is InChI=1S/C9H11FO3S/c1-3-13-7-4-5-9(8(10)6-7)14(2,11)12/h4-6H,3H2,1-2H3. The van der Waals surface area contributed by atoms with Gasteiger partial charge in [-0.15, -0.1) is 0 Å². The predicted octanol–water partition coefficient (Wildman–Crippen LogP) is 1.63. The number of hydrogen-bond donors (Lipinski definition) is 0. The highest BCUT2D eigenvalue weighted by atomic mass is 32.2. The maximum absolute atomic E-state index is 13.2. The van der Waals surface area contributed by atoms with Crippen LogP contribution in [0.25, 0.3) is 0 Å². The molecule has 0 fully saturated rings. The van der Waals surface area contributed by atoms with Gasteiger partial charge in [-0.05, 0) is 19.1 Å². The zero-order valence-corrected chi connectivity index (χ0v) is 8.77.